The number of hydrazine groups is 1. The maximum absolute atomic E-state index is 5.36. The Morgan fingerprint density at radius 3 is 2.79 bits per heavy atom. The number of nitrogens with one attached hydrogen (secondary N) is 2. The molecule has 0 saturated heterocycles. The number of nitrogen functional groups attached to an aromatic ring is 1. The van der Waals surface area contributed by atoms with Gasteiger partial charge in [-0.15, -0.1) is 10.2 Å². The second-order valence-electron chi connectivity index (χ2n) is 3.84. The monoisotopic (exact) mass is 264 g/mol. The lowest BCUT2D eigenvalue weighted by Gasteiger charge is -2.09. The lowest BCUT2D eigenvalue weighted by atomic mass is 10.4. The summed E-state index contributed by atoms with van der Waals surface area (Å²) in [5.74, 6) is 7.86. The van der Waals surface area contributed by atoms with Crippen molar-refractivity contribution in [3.63, 3.8) is 0 Å². The standard InChI is InChI=1S/C10H16N8O/c1-18-6-13-17-10(18)4-12-7-3-8(16-11)15-9(14-7)5-19-2/h3,6H,4-5,11H2,1-2H3,(H2,12,14,15,16). The molecule has 19 heavy (non-hydrogen) atoms. The Morgan fingerprint density at radius 1 is 1.37 bits per heavy atom. The molecule has 4 N–H and O–H groups in total. The van der Waals surface area contributed by atoms with Crippen LogP contribution < -0.4 is 16.6 Å². The van der Waals surface area contributed by atoms with Crippen LogP contribution in [-0.2, 0) is 24.9 Å². The smallest absolute Gasteiger partial charge is 0.158 e. The topological polar surface area (TPSA) is 116 Å². The van der Waals surface area contributed by atoms with Gasteiger partial charge in [0.2, 0.25) is 0 Å². The van der Waals surface area contributed by atoms with E-state index in [4.69, 9.17) is 10.6 Å². The van der Waals surface area contributed by atoms with Crippen LogP contribution in [-0.4, -0.2) is 31.8 Å². The molecule has 2 heterocycles. The minimum Gasteiger partial charge on any atom is -0.377 e. The number of hydrogen-bond donors (Lipinski definition) is 3. The van der Waals surface area contributed by atoms with Gasteiger partial charge in [-0.3, -0.25) is 0 Å². The van der Waals surface area contributed by atoms with Crippen LogP contribution >= 0.6 is 0 Å². The van der Waals surface area contributed by atoms with Gasteiger partial charge in [0.05, 0.1) is 6.54 Å². The molecule has 2 aromatic heterocycles. The van der Waals surface area contributed by atoms with Crippen LogP contribution in [0, 0.1) is 0 Å². The van der Waals surface area contributed by atoms with Crippen molar-refractivity contribution >= 4 is 11.6 Å². The van der Waals surface area contributed by atoms with Crippen molar-refractivity contribution in [3.8, 4) is 0 Å². The van der Waals surface area contributed by atoms with Crippen LogP contribution in [0.1, 0.15) is 11.6 Å². The molecule has 102 valence electrons. The van der Waals surface area contributed by atoms with Gasteiger partial charge >= 0.3 is 0 Å². The zero-order valence-corrected chi connectivity index (χ0v) is 10.8. The first-order chi connectivity index (χ1) is 9.22. The van der Waals surface area contributed by atoms with Gasteiger partial charge in [-0.05, 0) is 0 Å². The van der Waals surface area contributed by atoms with E-state index in [1.165, 1.54) is 0 Å². The zero-order chi connectivity index (χ0) is 13.7. The highest BCUT2D eigenvalue weighted by atomic mass is 16.5. The summed E-state index contributed by atoms with van der Waals surface area (Å²) in [6, 6.07) is 1.70. The molecule has 2 aromatic rings. The minimum absolute atomic E-state index is 0.314. The largest absolute Gasteiger partial charge is 0.377 e. The van der Waals surface area contributed by atoms with Gasteiger partial charge in [0.1, 0.15) is 24.6 Å². The number of aryl methyl sites for hydroxylation is 1. The molecule has 0 aromatic carbocycles. The first-order valence-corrected chi connectivity index (χ1v) is 5.63. The normalized spacial score (nSPS) is 10.5. The number of aromatic nitrogens is 5. The molecular weight excluding hydrogens is 248 g/mol. The van der Waals surface area contributed by atoms with Crippen LogP contribution in [0.2, 0.25) is 0 Å². The maximum Gasteiger partial charge on any atom is 0.158 e. The molecular formula is C10H16N8O. The highest BCUT2D eigenvalue weighted by Crippen LogP contribution is 2.11. The summed E-state index contributed by atoms with van der Waals surface area (Å²) in [7, 11) is 3.46. The van der Waals surface area contributed by atoms with Crippen LogP contribution in [0.25, 0.3) is 0 Å². The summed E-state index contributed by atoms with van der Waals surface area (Å²) in [5.41, 5.74) is 2.49. The highest BCUT2D eigenvalue weighted by Gasteiger charge is 2.05. The Labute approximate surface area is 110 Å². The summed E-state index contributed by atoms with van der Waals surface area (Å²) < 4.78 is 6.83. The second kappa shape index (κ2) is 6.07. The van der Waals surface area contributed by atoms with Gasteiger partial charge in [-0.2, -0.15) is 0 Å². The van der Waals surface area contributed by atoms with E-state index in [9.17, 15) is 0 Å². The number of nitrogens with two attached hydrogens (primary N) is 1. The van der Waals surface area contributed by atoms with Crippen molar-refractivity contribution in [3.05, 3.63) is 24.0 Å². The number of hydrogen-bond acceptors (Lipinski definition) is 8. The summed E-state index contributed by atoms with van der Waals surface area (Å²) in [6.45, 7) is 0.818. The predicted octanol–water partition coefficient (Wildman–Crippen LogP) is -0.351. The van der Waals surface area contributed by atoms with Crippen LogP contribution in [0.3, 0.4) is 0 Å². The summed E-state index contributed by atoms with van der Waals surface area (Å²) in [4.78, 5) is 8.46. The zero-order valence-electron chi connectivity index (χ0n) is 10.8. The van der Waals surface area contributed by atoms with E-state index in [0.717, 1.165) is 5.82 Å². The van der Waals surface area contributed by atoms with E-state index < -0.39 is 0 Å². The molecule has 0 saturated carbocycles. The van der Waals surface area contributed by atoms with Crippen molar-refractivity contribution in [2.45, 2.75) is 13.2 Å². The lowest BCUT2D eigenvalue weighted by Crippen LogP contribution is -2.13. The number of ether oxygens (including phenoxy) is 1. The Morgan fingerprint density at radius 2 is 2.16 bits per heavy atom. The minimum atomic E-state index is 0.314. The molecule has 2 rings (SSSR count). The van der Waals surface area contributed by atoms with Crippen molar-refractivity contribution in [2.75, 3.05) is 17.9 Å². The van der Waals surface area contributed by atoms with Gasteiger partial charge in [-0.1, -0.05) is 0 Å². The average Bonchev–Trinajstić information content (AvgIpc) is 2.82. The van der Waals surface area contributed by atoms with Crippen LogP contribution in [0.15, 0.2) is 12.4 Å². The molecule has 0 amide bonds. The lowest BCUT2D eigenvalue weighted by molar-refractivity contribution is 0.178. The number of rotatable bonds is 6. The fraction of sp³-hybridized carbons (Fsp3) is 0.400. The van der Waals surface area contributed by atoms with E-state index in [0.29, 0.717) is 30.6 Å². The maximum atomic E-state index is 5.36. The molecule has 0 aliphatic rings. The Kier molecular flexibility index (Phi) is 4.21. The molecule has 0 fully saturated rings. The first kappa shape index (κ1) is 13.2. The van der Waals surface area contributed by atoms with Gasteiger partial charge in [-0.25, -0.2) is 15.8 Å². The van der Waals surface area contributed by atoms with Gasteiger partial charge in [0, 0.05) is 20.2 Å². The third kappa shape index (κ3) is 3.36. The summed E-state index contributed by atoms with van der Waals surface area (Å²) in [6.07, 6.45) is 1.64. The highest BCUT2D eigenvalue weighted by molar-refractivity contribution is 5.46. The number of nitrogens with zero attached hydrogens (tertiary/aromatic N) is 5. The fourth-order valence-corrected chi connectivity index (χ4v) is 1.49. The van der Waals surface area contributed by atoms with Gasteiger partial charge in [0.15, 0.2) is 11.6 Å². The average molecular weight is 264 g/mol. The van der Waals surface area contributed by atoms with Crippen molar-refractivity contribution in [1.82, 2.24) is 24.7 Å². The third-order valence-corrected chi connectivity index (χ3v) is 2.43. The molecule has 0 bridgehead atoms. The van der Waals surface area contributed by atoms with Crippen LogP contribution in [0.4, 0.5) is 11.6 Å². The molecule has 0 spiro atoms. The van der Waals surface area contributed by atoms with E-state index >= 15 is 0 Å². The van der Waals surface area contributed by atoms with Gasteiger partial charge in [0.25, 0.3) is 0 Å². The van der Waals surface area contributed by atoms with Gasteiger partial charge < -0.3 is 20.0 Å². The molecule has 0 aliphatic heterocycles. The van der Waals surface area contributed by atoms with Crippen LogP contribution in [0.5, 0.6) is 0 Å². The molecule has 0 radical (unpaired) electrons. The Hall–Kier alpha value is -2.26. The van der Waals surface area contributed by atoms with E-state index in [1.807, 2.05) is 11.6 Å². The predicted molar refractivity (Wildman–Crippen MR) is 68.9 cm³/mol. The third-order valence-electron chi connectivity index (χ3n) is 2.43. The fourth-order valence-electron chi connectivity index (χ4n) is 1.49. The summed E-state index contributed by atoms with van der Waals surface area (Å²) in [5, 5.41) is 10.9. The SMILES string of the molecule is COCc1nc(NN)cc(NCc2nncn2C)n1. The van der Waals surface area contributed by atoms with Crippen molar-refractivity contribution in [1.29, 1.82) is 0 Å². The Bertz CT molecular complexity index is 540. The van der Waals surface area contributed by atoms with Crippen molar-refractivity contribution in [2.24, 2.45) is 12.9 Å². The van der Waals surface area contributed by atoms with E-state index in [1.54, 1.807) is 19.5 Å². The number of methoxy groups -OCH3 is 1. The second-order valence-corrected chi connectivity index (χ2v) is 3.84. The molecule has 0 unspecified atom stereocenters. The quantitative estimate of drug-likeness (QED) is 0.479. The van der Waals surface area contributed by atoms with E-state index in [-0.39, 0.29) is 0 Å². The molecule has 0 aliphatic carbocycles. The Balaban J connectivity index is 2.10. The molecule has 9 heteroatoms. The number of anilines is 2. The molecule has 0 atom stereocenters. The van der Waals surface area contributed by atoms with E-state index in [2.05, 4.69) is 30.9 Å². The summed E-state index contributed by atoms with van der Waals surface area (Å²) >= 11 is 0. The first-order valence-electron chi connectivity index (χ1n) is 5.63. The van der Waals surface area contributed by atoms with Crippen molar-refractivity contribution < 1.29 is 4.74 Å². The molecule has 9 nitrogen and oxygen atoms in total.